The Morgan fingerprint density at radius 2 is 2.12 bits per heavy atom. The Balaban J connectivity index is 2.08. The van der Waals surface area contributed by atoms with E-state index in [1.165, 1.54) is 17.5 Å². The van der Waals surface area contributed by atoms with E-state index < -0.39 is 0 Å². The molecule has 1 atom stereocenters. The Hall–Kier alpha value is -0.860. The number of hydrogen-bond acceptors (Lipinski definition) is 2. The first kappa shape index (κ1) is 11.6. The zero-order chi connectivity index (χ0) is 11.4. The van der Waals surface area contributed by atoms with Crippen molar-refractivity contribution in [1.82, 2.24) is 5.32 Å². The van der Waals surface area contributed by atoms with Crippen LogP contribution in [0.4, 0.5) is 0 Å². The largest absolute Gasteiger partial charge is 0.381 e. The van der Waals surface area contributed by atoms with Crippen molar-refractivity contribution in [3.8, 4) is 0 Å². The third kappa shape index (κ3) is 2.63. The van der Waals surface area contributed by atoms with Gasteiger partial charge in [0.1, 0.15) is 0 Å². The first-order chi connectivity index (χ1) is 7.81. The van der Waals surface area contributed by atoms with E-state index >= 15 is 0 Å². The summed E-state index contributed by atoms with van der Waals surface area (Å²) < 4.78 is 5.26. The van der Waals surface area contributed by atoms with Crippen LogP contribution >= 0.6 is 0 Å². The SMILES string of the molecule is CNCC(CC1COC1)c1ccccc1C. The lowest BCUT2D eigenvalue weighted by Crippen LogP contribution is -2.31. The van der Waals surface area contributed by atoms with Crippen molar-refractivity contribution in [3.05, 3.63) is 35.4 Å². The molecule has 2 nitrogen and oxygen atoms in total. The average Bonchev–Trinajstić information content (AvgIpc) is 2.23. The van der Waals surface area contributed by atoms with Crippen LogP contribution in [0.3, 0.4) is 0 Å². The molecular formula is C14H21NO. The van der Waals surface area contributed by atoms with E-state index in [-0.39, 0.29) is 0 Å². The van der Waals surface area contributed by atoms with Crippen molar-refractivity contribution in [3.63, 3.8) is 0 Å². The van der Waals surface area contributed by atoms with Gasteiger partial charge < -0.3 is 10.1 Å². The van der Waals surface area contributed by atoms with Gasteiger partial charge >= 0.3 is 0 Å². The van der Waals surface area contributed by atoms with E-state index in [1.807, 2.05) is 7.05 Å². The minimum atomic E-state index is 0.625. The highest BCUT2D eigenvalue weighted by molar-refractivity contribution is 5.29. The Kier molecular flexibility index (Phi) is 3.97. The number of aryl methyl sites for hydroxylation is 1. The highest BCUT2D eigenvalue weighted by atomic mass is 16.5. The van der Waals surface area contributed by atoms with Crippen molar-refractivity contribution in [2.45, 2.75) is 19.3 Å². The van der Waals surface area contributed by atoms with Gasteiger partial charge in [-0.25, -0.2) is 0 Å². The number of benzene rings is 1. The van der Waals surface area contributed by atoms with Crippen LogP contribution in [-0.4, -0.2) is 26.8 Å². The molecule has 1 N–H and O–H groups in total. The Bertz CT molecular complexity index is 333. The van der Waals surface area contributed by atoms with Gasteiger partial charge in [-0.2, -0.15) is 0 Å². The van der Waals surface area contributed by atoms with Crippen molar-refractivity contribution in [2.75, 3.05) is 26.8 Å². The van der Waals surface area contributed by atoms with E-state index in [9.17, 15) is 0 Å². The summed E-state index contributed by atoms with van der Waals surface area (Å²) in [5.74, 6) is 1.39. The van der Waals surface area contributed by atoms with Crippen LogP contribution in [0.25, 0.3) is 0 Å². The number of rotatable bonds is 5. The molecule has 1 aromatic carbocycles. The maximum absolute atomic E-state index is 5.26. The smallest absolute Gasteiger partial charge is 0.0516 e. The molecule has 88 valence electrons. The molecule has 0 bridgehead atoms. The molecule has 0 radical (unpaired) electrons. The van der Waals surface area contributed by atoms with E-state index in [1.54, 1.807) is 0 Å². The third-order valence-corrected chi connectivity index (χ3v) is 3.40. The van der Waals surface area contributed by atoms with Gasteiger partial charge in [-0.1, -0.05) is 24.3 Å². The minimum absolute atomic E-state index is 0.625. The Morgan fingerprint density at radius 1 is 1.38 bits per heavy atom. The van der Waals surface area contributed by atoms with Crippen LogP contribution in [-0.2, 0) is 4.74 Å². The maximum Gasteiger partial charge on any atom is 0.0516 e. The summed E-state index contributed by atoms with van der Waals surface area (Å²) in [6.45, 7) is 5.16. The molecule has 1 aromatic rings. The van der Waals surface area contributed by atoms with Gasteiger partial charge in [-0.05, 0) is 37.4 Å². The molecule has 2 rings (SSSR count). The van der Waals surface area contributed by atoms with Crippen LogP contribution in [0.1, 0.15) is 23.5 Å². The highest BCUT2D eigenvalue weighted by Crippen LogP contribution is 2.29. The number of hydrogen-bond donors (Lipinski definition) is 1. The van der Waals surface area contributed by atoms with Gasteiger partial charge in [-0.3, -0.25) is 0 Å². The quantitative estimate of drug-likeness (QED) is 0.820. The summed E-state index contributed by atoms with van der Waals surface area (Å²) in [4.78, 5) is 0. The van der Waals surface area contributed by atoms with E-state index in [0.29, 0.717) is 5.92 Å². The normalized spacial score (nSPS) is 18.1. The van der Waals surface area contributed by atoms with Gasteiger partial charge in [-0.15, -0.1) is 0 Å². The molecule has 0 aliphatic carbocycles. The molecule has 0 amide bonds. The minimum Gasteiger partial charge on any atom is -0.381 e. The van der Waals surface area contributed by atoms with E-state index in [2.05, 4.69) is 36.5 Å². The predicted octanol–water partition coefficient (Wildman–Crippen LogP) is 2.33. The number of ether oxygens (including phenoxy) is 1. The summed E-state index contributed by atoms with van der Waals surface area (Å²) in [6.07, 6.45) is 1.24. The molecular weight excluding hydrogens is 198 g/mol. The second-order valence-corrected chi connectivity index (χ2v) is 4.75. The fourth-order valence-electron chi connectivity index (χ4n) is 2.43. The van der Waals surface area contributed by atoms with Crippen LogP contribution < -0.4 is 5.32 Å². The Labute approximate surface area is 98.0 Å². The lowest BCUT2D eigenvalue weighted by molar-refractivity contribution is -0.0384. The Morgan fingerprint density at radius 3 is 2.69 bits per heavy atom. The molecule has 1 unspecified atom stereocenters. The lowest BCUT2D eigenvalue weighted by Gasteiger charge is -2.30. The van der Waals surface area contributed by atoms with Crippen molar-refractivity contribution >= 4 is 0 Å². The average molecular weight is 219 g/mol. The maximum atomic E-state index is 5.26. The summed E-state index contributed by atoms with van der Waals surface area (Å²) in [5, 5.41) is 3.31. The summed E-state index contributed by atoms with van der Waals surface area (Å²) >= 11 is 0. The van der Waals surface area contributed by atoms with Gasteiger partial charge in [0, 0.05) is 12.5 Å². The van der Waals surface area contributed by atoms with E-state index in [4.69, 9.17) is 4.74 Å². The van der Waals surface area contributed by atoms with Gasteiger partial charge in [0.25, 0.3) is 0 Å². The lowest BCUT2D eigenvalue weighted by atomic mass is 9.86. The van der Waals surface area contributed by atoms with Crippen LogP contribution in [0.15, 0.2) is 24.3 Å². The van der Waals surface area contributed by atoms with Crippen molar-refractivity contribution in [1.29, 1.82) is 0 Å². The standard InChI is InChI=1S/C14H21NO/c1-11-5-3-4-6-14(11)13(8-15-2)7-12-9-16-10-12/h3-6,12-13,15H,7-10H2,1-2H3. The zero-order valence-corrected chi connectivity index (χ0v) is 10.2. The number of nitrogens with one attached hydrogen (secondary N) is 1. The van der Waals surface area contributed by atoms with Gasteiger partial charge in [0.15, 0.2) is 0 Å². The van der Waals surface area contributed by atoms with Gasteiger partial charge in [0.2, 0.25) is 0 Å². The van der Waals surface area contributed by atoms with Crippen LogP contribution in [0.2, 0.25) is 0 Å². The van der Waals surface area contributed by atoms with Crippen molar-refractivity contribution in [2.24, 2.45) is 5.92 Å². The first-order valence-electron chi connectivity index (χ1n) is 6.09. The molecule has 1 saturated heterocycles. The molecule has 1 aliphatic rings. The fraction of sp³-hybridized carbons (Fsp3) is 0.571. The van der Waals surface area contributed by atoms with Crippen LogP contribution in [0, 0.1) is 12.8 Å². The topological polar surface area (TPSA) is 21.3 Å². The highest BCUT2D eigenvalue weighted by Gasteiger charge is 2.24. The molecule has 0 saturated carbocycles. The van der Waals surface area contributed by atoms with Gasteiger partial charge in [0.05, 0.1) is 13.2 Å². The monoisotopic (exact) mass is 219 g/mol. The summed E-state index contributed by atoms with van der Waals surface area (Å²) in [6, 6.07) is 8.72. The molecule has 1 aliphatic heterocycles. The molecule has 0 spiro atoms. The zero-order valence-electron chi connectivity index (χ0n) is 10.2. The molecule has 0 aromatic heterocycles. The van der Waals surface area contributed by atoms with Crippen LogP contribution in [0.5, 0.6) is 0 Å². The summed E-state index contributed by atoms with van der Waals surface area (Å²) in [5.41, 5.74) is 2.90. The summed E-state index contributed by atoms with van der Waals surface area (Å²) in [7, 11) is 2.03. The first-order valence-corrected chi connectivity index (χ1v) is 6.09. The van der Waals surface area contributed by atoms with E-state index in [0.717, 1.165) is 25.7 Å². The molecule has 1 fully saturated rings. The second-order valence-electron chi connectivity index (χ2n) is 4.75. The van der Waals surface area contributed by atoms with Crippen molar-refractivity contribution < 1.29 is 4.74 Å². The predicted molar refractivity (Wildman–Crippen MR) is 66.8 cm³/mol. The number of likely N-dealkylation sites (N-methyl/N-ethyl adjacent to an activating group) is 1. The molecule has 16 heavy (non-hydrogen) atoms. The second kappa shape index (κ2) is 5.46. The fourth-order valence-corrected chi connectivity index (χ4v) is 2.43. The molecule has 2 heteroatoms. The third-order valence-electron chi connectivity index (χ3n) is 3.40. The molecule has 1 heterocycles.